The van der Waals surface area contributed by atoms with Crippen LogP contribution in [0.25, 0.3) is 0 Å². The number of aromatic nitrogens is 1. The summed E-state index contributed by atoms with van der Waals surface area (Å²) in [7, 11) is 1.74. The van der Waals surface area contributed by atoms with Crippen molar-refractivity contribution in [1.82, 2.24) is 10.3 Å². The predicted molar refractivity (Wildman–Crippen MR) is 66.2 cm³/mol. The van der Waals surface area contributed by atoms with Crippen LogP contribution < -0.4 is 5.32 Å². The fraction of sp³-hybridized carbons (Fsp3) is 0.214. The summed E-state index contributed by atoms with van der Waals surface area (Å²) < 4.78 is 26.4. The lowest BCUT2D eigenvalue weighted by Crippen LogP contribution is -2.18. The first-order valence-corrected chi connectivity index (χ1v) is 5.66. The maximum absolute atomic E-state index is 13.2. The summed E-state index contributed by atoms with van der Waals surface area (Å²) in [6.07, 6.45) is 1.71. The van der Waals surface area contributed by atoms with E-state index >= 15 is 0 Å². The summed E-state index contributed by atoms with van der Waals surface area (Å²) in [5.41, 5.74) is 2.31. The van der Waals surface area contributed by atoms with E-state index < -0.39 is 11.6 Å². The molecule has 0 aliphatic rings. The van der Waals surface area contributed by atoms with Crippen LogP contribution in [0, 0.1) is 18.6 Å². The SMILES string of the molecule is CNC(c1ccc(C)nc1)c1cc(F)cc(F)c1. The topological polar surface area (TPSA) is 24.9 Å². The zero-order chi connectivity index (χ0) is 13.1. The summed E-state index contributed by atoms with van der Waals surface area (Å²) >= 11 is 0. The summed E-state index contributed by atoms with van der Waals surface area (Å²) in [5.74, 6) is -1.16. The number of halogens is 2. The maximum Gasteiger partial charge on any atom is 0.126 e. The van der Waals surface area contributed by atoms with E-state index in [2.05, 4.69) is 10.3 Å². The monoisotopic (exact) mass is 248 g/mol. The van der Waals surface area contributed by atoms with Gasteiger partial charge in [0.05, 0.1) is 6.04 Å². The van der Waals surface area contributed by atoms with Crippen molar-refractivity contribution in [3.05, 3.63) is 65.0 Å². The van der Waals surface area contributed by atoms with Crippen molar-refractivity contribution < 1.29 is 8.78 Å². The molecule has 0 amide bonds. The molecule has 0 aliphatic carbocycles. The number of rotatable bonds is 3. The van der Waals surface area contributed by atoms with Crippen LogP contribution in [0.3, 0.4) is 0 Å². The molecule has 94 valence electrons. The molecule has 2 nitrogen and oxygen atoms in total. The zero-order valence-corrected chi connectivity index (χ0v) is 10.2. The molecule has 1 N–H and O–H groups in total. The highest BCUT2D eigenvalue weighted by Crippen LogP contribution is 2.22. The van der Waals surface area contributed by atoms with Gasteiger partial charge < -0.3 is 5.32 Å². The second-order valence-electron chi connectivity index (χ2n) is 4.16. The molecule has 4 heteroatoms. The van der Waals surface area contributed by atoms with Crippen molar-refractivity contribution in [3.8, 4) is 0 Å². The van der Waals surface area contributed by atoms with Gasteiger partial charge in [-0.3, -0.25) is 4.98 Å². The van der Waals surface area contributed by atoms with Crippen molar-refractivity contribution in [2.75, 3.05) is 7.05 Å². The van der Waals surface area contributed by atoms with E-state index in [0.29, 0.717) is 5.56 Å². The number of pyridine rings is 1. The maximum atomic E-state index is 13.2. The number of hydrogen-bond acceptors (Lipinski definition) is 2. The third-order valence-electron chi connectivity index (χ3n) is 2.77. The molecule has 0 radical (unpaired) electrons. The Morgan fingerprint density at radius 2 is 1.72 bits per heavy atom. The third-order valence-corrected chi connectivity index (χ3v) is 2.77. The minimum Gasteiger partial charge on any atom is -0.309 e. The molecule has 1 atom stereocenters. The normalized spacial score (nSPS) is 12.4. The molecular formula is C14H14F2N2. The van der Waals surface area contributed by atoms with Gasteiger partial charge in [-0.05, 0) is 43.3 Å². The molecule has 1 unspecified atom stereocenters. The standard InChI is InChI=1S/C14H14F2N2/c1-9-3-4-10(8-18-9)14(17-2)11-5-12(15)7-13(16)6-11/h3-8,14,17H,1-2H3. The van der Waals surface area contributed by atoms with Crippen molar-refractivity contribution in [2.45, 2.75) is 13.0 Å². The molecule has 0 saturated carbocycles. The van der Waals surface area contributed by atoms with Crippen LogP contribution in [0.4, 0.5) is 8.78 Å². The molecule has 0 saturated heterocycles. The van der Waals surface area contributed by atoms with Gasteiger partial charge in [0.15, 0.2) is 0 Å². The number of nitrogens with zero attached hydrogens (tertiary/aromatic N) is 1. The van der Waals surface area contributed by atoms with Crippen LogP contribution in [0.1, 0.15) is 22.9 Å². The van der Waals surface area contributed by atoms with E-state index in [9.17, 15) is 8.78 Å². The number of benzene rings is 1. The molecule has 18 heavy (non-hydrogen) atoms. The first-order valence-electron chi connectivity index (χ1n) is 5.66. The fourth-order valence-corrected chi connectivity index (χ4v) is 1.92. The molecule has 1 aromatic heterocycles. The lowest BCUT2D eigenvalue weighted by Gasteiger charge is -2.17. The first-order chi connectivity index (χ1) is 8.60. The van der Waals surface area contributed by atoms with Gasteiger partial charge in [0, 0.05) is 18.0 Å². The van der Waals surface area contributed by atoms with Gasteiger partial charge in [0.1, 0.15) is 11.6 Å². The molecule has 2 rings (SSSR count). The van der Waals surface area contributed by atoms with E-state index in [0.717, 1.165) is 17.3 Å². The molecule has 0 spiro atoms. The van der Waals surface area contributed by atoms with E-state index in [4.69, 9.17) is 0 Å². The summed E-state index contributed by atoms with van der Waals surface area (Å²) in [6, 6.07) is 7.00. The Balaban J connectivity index is 2.41. The second-order valence-corrected chi connectivity index (χ2v) is 4.16. The van der Waals surface area contributed by atoms with Crippen LogP contribution >= 0.6 is 0 Å². The van der Waals surface area contributed by atoms with Crippen LogP contribution in [-0.4, -0.2) is 12.0 Å². The van der Waals surface area contributed by atoms with Gasteiger partial charge in [-0.25, -0.2) is 8.78 Å². The van der Waals surface area contributed by atoms with E-state index in [-0.39, 0.29) is 6.04 Å². The summed E-state index contributed by atoms with van der Waals surface area (Å²) in [4.78, 5) is 4.19. The quantitative estimate of drug-likeness (QED) is 0.903. The predicted octanol–water partition coefficient (Wildman–Crippen LogP) is 2.98. The molecule has 2 aromatic rings. The average molecular weight is 248 g/mol. The van der Waals surface area contributed by atoms with E-state index in [1.54, 1.807) is 13.2 Å². The molecule has 1 heterocycles. The van der Waals surface area contributed by atoms with Gasteiger partial charge in [-0.1, -0.05) is 6.07 Å². The van der Waals surface area contributed by atoms with Crippen LogP contribution in [0.5, 0.6) is 0 Å². The van der Waals surface area contributed by atoms with Gasteiger partial charge in [-0.15, -0.1) is 0 Å². The lowest BCUT2D eigenvalue weighted by molar-refractivity contribution is 0.571. The van der Waals surface area contributed by atoms with Crippen molar-refractivity contribution in [1.29, 1.82) is 0 Å². The molecule has 1 aromatic carbocycles. The highest BCUT2D eigenvalue weighted by Gasteiger charge is 2.14. The lowest BCUT2D eigenvalue weighted by atomic mass is 10.00. The largest absolute Gasteiger partial charge is 0.309 e. The van der Waals surface area contributed by atoms with Gasteiger partial charge in [-0.2, -0.15) is 0 Å². The Labute approximate surface area is 105 Å². The number of nitrogens with one attached hydrogen (secondary N) is 1. The van der Waals surface area contributed by atoms with Crippen LogP contribution in [0.15, 0.2) is 36.5 Å². The molecule has 0 aliphatic heterocycles. The first kappa shape index (κ1) is 12.6. The highest BCUT2D eigenvalue weighted by molar-refractivity contribution is 5.31. The minimum atomic E-state index is -0.578. The number of aryl methyl sites for hydroxylation is 1. The Hall–Kier alpha value is -1.81. The van der Waals surface area contributed by atoms with Gasteiger partial charge in [0.25, 0.3) is 0 Å². The van der Waals surface area contributed by atoms with Crippen LogP contribution in [-0.2, 0) is 0 Å². The summed E-state index contributed by atoms with van der Waals surface area (Å²) in [5, 5.41) is 3.04. The third kappa shape index (κ3) is 2.71. The van der Waals surface area contributed by atoms with E-state index in [1.165, 1.54) is 12.1 Å². The smallest absolute Gasteiger partial charge is 0.126 e. The Morgan fingerprint density at radius 3 is 2.22 bits per heavy atom. The minimum absolute atomic E-state index is 0.275. The van der Waals surface area contributed by atoms with Crippen molar-refractivity contribution in [2.24, 2.45) is 0 Å². The fourth-order valence-electron chi connectivity index (χ4n) is 1.92. The highest BCUT2D eigenvalue weighted by atomic mass is 19.1. The average Bonchev–Trinajstić information content (AvgIpc) is 2.31. The van der Waals surface area contributed by atoms with Crippen molar-refractivity contribution in [3.63, 3.8) is 0 Å². The van der Waals surface area contributed by atoms with Crippen LogP contribution in [0.2, 0.25) is 0 Å². The second kappa shape index (κ2) is 5.23. The Kier molecular flexibility index (Phi) is 3.67. The molecule has 0 bridgehead atoms. The Morgan fingerprint density at radius 1 is 1.06 bits per heavy atom. The molecular weight excluding hydrogens is 234 g/mol. The summed E-state index contributed by atoms with van der Waals surface area (Å²) in [6.45, 7) is 1.89. The zero-order valence-electron chi connectivity index (χ0n) is 10.2. The van der Waals surface area contributed by atoms with E-state index in [1.807, 2.05) is 19.1 Å². The van der Waals surface area contributed by atoms with Gasteiger partial charge >= 0.3 is 0 Å². The number of hydrogen-bond donors (Lipinski definition) is 1. The molecule has 0 fully saturated rings. The van der Waals surface area contributed by atoms with Crippen molar-refractivity contribution >= 4 is 0 Å². The van der Waals surface area contributed by atoms with Gasteiger partial charge in [0.2, 0.25) is 0 Å². The Bertz CT molecular complexity index is 518.